The van der Waals surface area contributed by atoms with Gasteiger partial charge in [-0.15, -0.1) is 0 Å². The Morgan fingerprint density at radius 3 is 2.48 bits per heavy atom. The van der Waals surface area contributed by atoms with Gasteiger partial charge in [-0.25, -0.2) is 0 Å². The van der Waals surface area contributed by atoms with Crippen molar-refractivity contribution in [2.45, 2.75) is 32.6 Å². The Hall–Kier alpha value is -2.73. The highest BCUT2D eigenvalue weighted by atomic mass is 16.5. The van der Waals surface area contributed by atoms with Gasteiger partial charge in [0.1, 0.15) is 0 Å². The number of nitrogens with one attached hydrogen (secondary N) is 1. The molecule has 2 aromatic carbocycles. The zero-order valence-corrected chi connectivity index (χ0v) is 18.8. The maximum Gasteiger partial charge on any atom is 0.224 e. The van der Waals surface area contributed by atoms with Gasteiger partial charge in [0.15, 0.2) is 11.5 Å². The summed E-state index contributed by atoms with van der Waals surface area (Å²) < 4.78 is 11.4. The molecule has 0 bridgehead atoms. The molecule has 1 saturated heterocycles. The van der Waals surface area contributed by atoms with Crippen molar-refractivity contribution in [1.29, 1.82) is 0 Å². The van der Waals surface area contributed by atoms with Gasteiger partial charge in [0.25, 0.3) is 0 Å². The Bertz CT molecular complexity index is 805. The molecular weight excluding hydrogens is 390 g/mol. The minimum Gasteiger partial charge on any atom is -0.493 e. The third-order valence-electron chi connectivity index (χ3n) is 5.57. The number of hydrogen-bond acceptors (Lipinski definition) is 5. The molecule has 0 atom stereocenters. The van der Waals surface area contributed by atoms with Crippen molar-refractivity contribution in [3.05, 3.63) is 48.5 Å². The Balaban J connectivity index is 1.39. The molecule has 0 unspecified atom stereocenters. The lowest BCUT2D eigenvalue weighted by atomic mass is 10.2. The standard InChI is InChI=1S/C25H35N3O3/c1-3-4-11-25(29)26-21-12-13-23(24(20-21)30-2)31-19-8-14-27-15-17-28(18-16-27)22-9-6-5-7-10-22/h5-7,9-10,12-13,20H,3-4,8,11,14-19H2,1-2H3,(H,26,29). The third kappa shape index (κ3) is 7.17. The third-order valence-corrected chi connectivity index (χ3v) is 5.57. The monoisotopic (exact) mass is 425 g/mol. The molecule has 0 aromatic heterocycles. The number of carbonyl (C=O) groups is 1. The van der Waals surface area contributed by atoms with E-state index in [1.165, 1.54) is 5.69 Å². The predicted octanol–water partition coefficient (Wildman–Crippen LogP) is 4.42. The van der Waals surface area contributed by atoms with Crippen LogP contribution in [0.2, 0.25) is 0 Å². The second kappa shape index (κ2) is 12.2. The molecule has 1 aliphatic rings. The van der Waals surface area contributed by atoms with Crippen LogP contribution in [0.4, 0.5) is 11.4 Å². The molecule has 1 N–H and O–H groups in total. The number of piperazine rings is 1. The number of para-hydroxylation sites is 1. The number of nitrogens with zero attached hydrogens (tertiary/aromatic N) is 2. The van der Waals surface area contributed by atoms with Gasteiger partial charge in [0.2, 0.25) is 5.91 Å². The van der Waals surface area contributed by atoms with Crippen molar-refractivity contribution in [3.8, 4) is 11.5 Å². The number of benzene rings is 2. The fourth-order valence-corrected chi connectivity index (χ4v) is 3.76. The van der Waals surface area contributed by atoms with E-state index in [0.717, 1.165) is 57.7 Å². The molecule has 0 spiro atoms. The van der Waals surface area contributed by atoms with Crippen LogP contribution in [0, 0.1) is 0 Å². The summed E-state index contributed by atoms with van der Waals surface area (Å²) in [5.41, 5.74) is 2.05. The molecule has 168 valence electrons. The molecule has 6 heteroatoms. The Labute approximate surface area is 186 Å². The van der Waals surface area contributed by atoms with Crippen LogP contribution in [0.15, 0.2) is 48.5 Å². The smallest absolute Gasteiger partial charge is 0.224 e. The second-order valence-electron chi connectivity index (χ2n) is 7.88. The SMILES string of the molecule is CCCCC(=O)Nc1ccc(OCCCN2CCN(c3ccccc3)CC2)c(OC)c1. The Kier molecular flexibility index (Phi) is 9.03. The normalized spacial score (nSPS) is 14.3. The molecule has 1 heterocycles. The van der Waals surface area contributed by atoms with Crippen molar-refractivity contribution in [2.75, 3.05) is 56.7 Å². The van der Waals surface area contributed by atoms with Crippen LogP contribution in [0.3, 0.4) is 0 Å². The highest BCUT2D eigenvalue weighted by molar-refractivity contribution is 5.91. The predicted molar refractivity (Wildman–Crippen MR) is 126 cm³/mol. The second-order valence-corrected chi connectivity index (χ2v) is 7.88. The Morgan fingerprint density at radius 2 is 1.77 bits per heavy atom. The van der Waals surface area contributed by atoms with Crippen LogP contribution in [0.5, 0.6) is 11.5 Å². The molecule has 31 heavy (non-hydrogen) atoms. The first kappa shape index (κ1) is 22.9. The van der Waals surface area contributed by atoms with Crippen LogP contribution in [0.1, 0.15) is 32.6 Å². The van der Waals surface area contributed by atoms with Crippen molar-refractivity contribution < 1.29 is 14.3 Å². The van der Waals surface area contributed by atoms with Crippen LogP contribution in [-0.4, -0.2) is 57.2 Å². The van der Waals surface area contributed by atoms with Crippen molar-refractivity contribution in [1.82, 2.24) is 4.90 Å². The molecule has 6 nitrogen and oxygen atoms in total. The van der Waals surface area contributed by atoms with E-state index in [0.29, 0.717) is 24.5 Å². The summed E-state index contributed by atoms with van der Waals surface area (Å²) in [6.45, 7) is 8.00. The fourth-order valence-electron chi connectivity index (χ4n) is 3.76. The number of unbranched alkanes of at least 4 members (excludes halogenated alkanes) is 1. The Morgan fingerprint density at radius 1 is 1.00 bits per heavy atom. The summed E-state index contributed by atoms with van der Waals surface area (Å²) in [7, 11) is 1.62. The molecule has 1 amide bonds. The molecule has 0 saturated carbocycles. The maximum atomic E-state index is 11.9. The first-order chi connectivity index (χ1) is 15.2. The number of rotatable bonds is 11. The van der Waals surface area contributed by atoms with Gasteiger partial charge in [-0.1, -0.05) is 31.5 Å². The van der Waals surface area contributed by atoms with Crippen LogP contribution in [-0.2, 0) is 4.79 Å². The summed E-state index contributed by atoms with van der Waals surface area (Å²) in [5, 5.41) is 2.92. The topological polar surface area (TPSA) is 54.0 Å². The van der Waals surface area contributed by atoms with Crippen molar-refractivity contribution in [3.63, 3.8) is 0 Å². The van der Waals surface area contributed by atoms with E-state index < -0.39 is 0 Å². The first-order valence-electron chi connectivity index (χ1n) is 11.3. The quantitative estimate of drug-likeness (QED) is 0.540. The largest absolute Gasteiger partial charge is 0.493 e. The maximum absolute atomic E-state index is 11.9. The molecule has 2 aromatic rings. The number of amides is 1. The van der Waals surface area contributed by atoms with Gasteiger partial charge >= 0.3 is 0 Å². The van der Waals surface area contributed by atoms with Gasteiger partial charge < -0.3 is 19.7 Å². The number of anilines is 2. The van der Waals surface area contributed by atoms with E-state index in [1.807, 2.05) is 18.2 Å². The van der Waals surface area contributed by atoms with Gasteiger partial charge in [-0.2, -0.15) is 0 Å². The van der Waals surface area contributed by atoms with Gasteiger partial charge in [0.05, 0.1) is 13.7 Å². The van der Waals surface area contributed by atoms with Gasteiger partial charge in [-0.05, 0) is 37.1 Å². The van der Waals surface area contributed by atoms with E-state index in [2.05, 4.69) is 52.4 Å². The summed E-state index contributed by atoms with van der Waals surface area (Å²) in [4.78, 5) is 16.9. The number of methoxy groups -OCH3 is 1. The van der Waals surface area contributed by atoms with Crippen molar-refractivity contribution in [2.24, 2.45) is 0 Å². The number of carbonyl (C=O) groups excluding carboxylic acids is 1. The lowest BCUT2D eigenvalue weighted by Gasteiger charge is -2.36. The van der Waals surface area contributed by atoms with Gasteiger partial charge in [0, 0.05) is 56.6 Å². The van der Waals surface area contributed by atoms with E-state index in [4.69, 9.17) is 9.47 Å². The van der Waals surface area contributed by atoms with Crippen LogP contribution < -0.4 is 19.7 Å². The lowest BCUT2D eigenvalue weighted by molar-refractivity contribution is -0.116. The van der Waals surface area contributed by atoms with Crippen LogP contribution in [0.25, 0.3) is 0 Å². The summed E-state index contributed by atoms with van der Waals surface area (Å²) in [6, 6.07) is 16.2. The average Bonchev–Trinajstić information content (AvgIpc) is 2.82. The molecule has 1 fully saturated rings. The zero-order valence-electron chi connectivity index (χ0n) is 18.8. The van der Waals surface area contributed by atoms with E-state index in [-0.39, 0.29) is 5.91 Å². The number of ether oxygens (including phenoxy) is 2. The van der Waals surface area contributed by atoms with Crippen molar-refractivity contribution >= 4 is 17.3 Å². The molecular formula is C25H35N3O3. The molecule has 3 rings (SSSR count). The minimum absolute atomic E-state index is 0.0323. The van der Waals surface area contributed by atoms with E-state index in [9.17, 15) is 4.79 Å². The lowest BCUT2D eigenvalue weighted by Crippen LogP contribution is -2.46. The van der Waals surface area contributed by atoms with Gasteiger partial charge in [-0.3, -0.25) is 9.69 Å². The van der Waals surface area contributed by atoms with Crippen LogP contribution >= 0.6 is 0 Å². The summed E-state index contributed by atoms with van der Waals surface area (Å²) >= 11 is 0. The fraction of sp³-hybridized carbons (Fsp3) is 0.480. The molecule has 1 aliphatic heterocycles. The highest BCUT2D eigenvalue weighted by Gasteiger charge is 2.16. The molecule has 0 aliphatic carbocycles. The summed E-state index contributed by atoms with van der Waals surface area (Å²) in [5.74, 6) is 1.39. The first-order valence-corrected chi connectivity index (χ1v) is 11.3. The summed E-state index contributed by atoms with van der Waals surface area (Å²) in [6.07, 6.45) is 3.40. The van der Waals surface area contributed by atoms with E-state index in [1.54, 1.807) is 7.11 Å². The minimum atomic E-state index is 0.0323. The number of hydrogen-bond donors (Lipinski definition) is 1. The average molecular weight is 426 g/mol. The molecule has 0 radical (unpaired) electrons. The highest BCUT2D eigenvalue weighted by Crippen LogP contribution is 2.30. The van der Waals surface area contributed by atoms with E-state index >= 15 is 0 Å². The zero-order chi connectivity index (χ0) is 21.9.